The highest BCUT2D eigenvalue weighted by molar-refractivity contribution is 5.91. The van der Waals surface area contributed by atoms with Gasteiger partial charge in [-0.25, -0.2) is 0 Å². The third-order valence-electron chi connectivity index (χ3n) is 3.40. The Kier molecular flexibility index (Phi) is 3.51. The summed E-state index contributed by atoms with van der Waals surface area (Å²) in [4.78, 5) is 14.3. The first-order valence-corrected chi connectivity index (χ1v) is 6.63. The average molecular weight is 276 g/mol. The van der Waals surface area contributed by atoms with Crippen LogP contribution in [0.1, 0.15) is 34.9 Å². The molecular weight excluding hydrogens is 260 g/mol. The van der Waals surface area contributed by atoms with Gasteiger partial charge >= 0.3 is 0 Å². The Morgan fingerprint density at radius 3 is 3.20 bits per heavy atom. The van der Waals surface area contributed by atoms with Crippen LogP contribution in [-0.2, 0) is 11.2 Å². The minimum atomic E-state index is -0.172. The first-order valence-electron chi connectivity index (χ1n) is 6.63. The fourth-order valence-electron chi connectivity index (χ4n) is 2.28. The van der Waals surface area contributed by atoms with Crippen LogP contribution in [0.3, 0.4) is 0 Å². The molecule has 7 nitrogen and oxygen atoms in total. The highest BCUT2D eigenvalue weighted by Gasteiger charge is 2.32. The van der Waals surface area contributed by atoms with Crippen molar-refractivity contribution < 1.29 is 14.1 Å². The van der Waals surface area contributed by atoms with E-state index in [2.05, 4.69) is 15.4 Å². The molecule has 106 valence electrons. The summed E-state index contributed by atoms with van der Waals surface area (Å²) in [5.41, 5.74) is 1.63. The number of aryl methyl sites for hydroxylation is 1. The number of amides is 1. The Hall–Kier alpha value is -2.15. The van der Waals surface area contributed by atoms with Gasteiger partial charge in [0.05, 0.1) is 30.6 Å². The molecule has 3 rings (SSSR count). The Bertz CT molecular complexity index is 578. The fourth-order valence-corrected chi connectivity index (χ4v) is 2.28. The summed E-state index contributed by atoms with van der Waals surface area (Å²) in [5, 5.41) is 10.7. The van der Waals surface area contributed by atoms with Crippen LogP contribution in [0.2, 0.25) is 0 Å². The van der Waals surface area contributed by atoms with E-state index in [-0.39, 0.29) is 17.7 Å². The van der Waals surface area contributed by atoms with Crippen molar-refractivity contribution in [2.75, 3.05) is 19.8 Å². The van der Waals surface area contributed by atoms with Crippen molar-refractivity contribution in [1.29, 1.82) is 0 Å². The molecule has 0 aliphatic carbocycles. The molecule has 1 atom stereocenters. The van der Waals surface area contributed by atoms with Gasteiger partial charge in [-0.3, -0.25) is 9.89 Å². The van der Waals surface area contributed by atoms with Gasteiger partial charge in [0.1, 0.15) is 0 Å². The lowest BCUT2D eigenvalue weighted by molar-refractivity contribution is -0.00584. The van der Waals surface area contributed by atoms with Crippen molar-refractivity contribution in [2.45, 2.75) is 19.4 Å². The summed E-state index contributed by atoms with van der Waals surface area (Å²) in [7, 11) is 0. The Balaban J connectivity index is 1.84. The molecule has 0 saturated carbocycles. The predicted molar refractivity (Wildman–Crippen MR) is 69.1 cm³/mol. The summed E-state index contributed by atoms with van der Waals surface area (Å²) < 4.78 is 10.6. The molecule has 3 heterocycles. The summed E-state index contributed by atoms with van der Waals surface area (Å²) in [6.45, 7) is 3.45. The van der Waals surface area contributed by atoms with Crippen LogP contribution in [-0.4, -0.2) is 45.9 Å². The van der Waals surface area contributed by atoms with Crippen LogP contribution in [0.5, 0.6) is 0 Å². The van der Waals surface area contributed by atoms with Crippen molar-refractivity contribution in [2.24, 2.45) is 0 Å². The molecule has 1 N–H and O–H groups in total. The number of H-pyrrole nitrogens is 1. The second kappa shape index (κ2) is 5.46. The van der Waals surface area contributed by atoms with Gasteiger partial charge in [0.15, 0.2) is 0 Å². The maximum Gasteiger partial charge on any atom is 0.293 e. The van der Waals surface area contributed by atoms with Crippen molar-refractivity contribution in [1.82, 2.24) is 20.3 Å². The lowest BCUT2D eigenvalue weighted by Crippen LogP contribution is -2.43. The van der Waals surface area contributed by atoms with Gasteiger partial charge in [-0.1, -0.05) is 12.1 Å². The normalized spacial score (nSPS) is 19.2. The lowest BCUT2D eigenvalue weighted by atomic mass is 10.1. The van der Waals surface area contributed by atoms with Crippen LogP contribution in [0.15, 0.2) is 22.9 Å². The number of aromatic amines is 1. The second-order valence-electron chi connectivity index (χ2n) is 4.64. The van der Waals surface area contributed by atoms with Gasteiger partial charge in [-0.15, -0.1) is 0 Å². The molecule has 20 heavy (non-hydrogen) atoms. The van der Waals surface area contributed by atoms with E-state index in [1.165, 1.54) is 0 Å². The summed E-state index contributed by atoms with van der Waals surface area (Å²) in [6.07, 6.45) is 2.40. The van der Waals surface area contributed by atoms with Gasteiger partial charge in [0.25, 0.3) is 5.91 Å². The van der Waals surface area contributed by atoms with Crippen molar-refractivity contribution in [3.05, 3.63) is 35.5 Å². The molecule has 2 aromatic rings. The third kappa shape index (κ3) is 2.32. The number of carbonyl (C=O) groups is 1. The lowest BCUT2D eigenvalue weighted by Gasteiger charge is -2.34. The number of hydrogen-bond donors (Lipinski definition) is 1. The van der Waals surface area contributed by atoms with Crippen LogP contribution in [0.4, 0.5) is 0 Å². The fraction of sp³-hybridized carbons (Fsp3) is 0.462. The standard InChI is InChI=1S/C13H16N4O3/c1-2-9-7-12(20-16-9)13(18)17-5-6-19-8-11(17)10-3-4-14-15-10/h3-4,7,11H,2,5-6,8H2,1H3,(H,14,15)/t11-/m0/s1. The summed E-state index contributed by atoms with van der Waals surface area (Å²) in [5.74, 6) is 0.105. The molecule has 1 saturated heterocycles. The van der Waals surface area contributed by atoms with E-state index < -0.39 is 0 Å². The first-order chi connectivity index (χ1) is 9.79. The Morgan fingerprint density at radius 2 is 2.50 bits per heavy atom. The van der Waals surface area contributed by atoms with Gasteiger partial charge < -0.3 is 14.2 Å². The maximum atomic E-state index is 12.5. The molecule has 0 radical (unpaired) electrons. The third-order valence-corrected chi connectivity index (χ3v) is 3.40. The first kappa shape index (κ1) is 12.9. The number of ether oxygens (including phenoxy) is 1. The highest BCUT2D eigenvalue weighted by atomic mass is 16.5. The van der Waals surface area contributed by atoms with Crippen molar-refractivity contribution >= 4 is 5.91 Å². The number of morpholine rings is 1. The predicted octanol–water partition coefficient (Wildman–Crippen LogP) is 1.17. The van der Waals surface area contributed by atoms with E-state index in [1.807, 2.05) is 13.0 Å². The second-order valence-corrected chi connectivity index (χ2v) is 4.64. The molecule has 1 aliphatic rings. The molecule has 1 aliphatic heterocycles. The molecule has 2 aromatic heterocycles. The average Bonchev–Trinajstić information content (AvgIpc) is 3.17. The number of aromatic nitrogens is 3. The molecule has 0 bridgehead atoms. The number of carbonyl (C=O) groups excluding carboxylic acids is 1. The van der Waals surface area contributed by atoms with Crippen molar-refractivity contribution in [3.63, 3.8) is 0 Å². The summed E-state index contributed by atoms with van der Waals surface area (Å²) >= 11 is 0. The molecular formula is C13H16N4O3. The van der Waals surface area contributed by atoms with E-state index in [4.69, 9.17) is 9.26 Å². The highest BCUT2D eigenvalue weighted by Crippen LogP contribution is 2.24. The summed E-state index contributed by atoms with van der Waals surface area (Å²) in [6, 6.07) is 3.37. The largest absolute Gasteiger partial charge is 0.377 e. The van der Waals surface area contributed by atoms with Gasteiger partial charge in [0.2, 0.25) is 5.76 Å². The molecule has 7 heteroatoms. The van der Waals surface area contributed by atoms with Crippen LogP contribution >= 0.6 is 0 Å². The smallest absolute Gasteiger partial charge is 0.293 e. The zero-order chi connectivity index (χ0) is 13.9. The van der Waals surface area contributed by atoms with E-state index in [9.17, 15) is 4.79 Å². The molecule has 0 unspecified atom stereocenters. The van der Waals surface area contributed by atoms with Gasteiger partial charge in [-0.2, -0.15) is 5.10 Å². The minimum Gasteiger partial charge on any atom is -0.377 e. The SMILES string of the molecule is CCc1cc(C(=O)N2CCOC[C@H]2c2ccn[nH]2)on1. The Labute approximate surface area is 115 Å². The molecule has 1 amide bonds. The van der Waals surface area contributed by atoms with E-state index in [0.717, 1.165) is 17.8 Å². The quantitative estimate of drug-likeness (QED) is 0.909. The zero-order valence-electron chi connectivity index (χ0n) is 11.2. The topological polar surface area (TPSA) is 84.3 Å². The van der Waals surface area contributed by atoms with E-state index >= 15 is 0 Å². The monoisotopic (exact) mass is 276 g/mol. The number of rotatable bonds is 3. The van der Waals surface area contributed by atoms with Crippen LogP contribution in [0, 0.1) is 0 Å². The van der Waals surface area contributed by atoms with E-state index in [1.54, 1.807) is 17.2 Å². The van der Waals surface area contributed by atoms with Crippen molar-refractivity contribution in [3.8, 4) is 0 Å². The maximum absolute atomic E-state index is 12.5. The minimum absolute atomic E-state index is 0.167. The van der Waals surface area contributed by atoms with Gasteiger partial charge in [-0.05, 0) is 12.5 Å². The molecule has 0 aromatic carbocycles. The molecule has 1 fully saturated rings. The van der Waals surface area contributed by atoms with Crippen LogP contribution in [0.25, 0.3) is 0 Å². The number of nitrogens with zero attached hydrogens (tertiary/aromatic N) is 3. The number of nitrogens with one attached hydrogen (secondary N) is 1. The van der Waals surface area contributed by atoms with Gasteiger partial charge in [0, 0.05) is 18.8 Å². The number of hydrogen-bond acceptors (Lipinski definition) is 5. The zero-order valence-corrected chi connectivity index (χ0v) is 11.2. The van der Waals surface area contributed by atoms with Crippen LogP contribution < -0.4 is 0 Å². The molecule has 0 spiro atoms. The Morgan fingerprint density at radius 1 is 1.60 bits per heavy atom. The van der Waals surface area contributed by atoms with E-state index in [0.29, 0.717) is 19.8 Å².